The molecule has 0 bridgehead atoms. The first kappa shape index (κ1) is 16.5. The van der Waals surface area contributed by atoms with E-state index in [0.717, 1.165) is 18.5 Å². The summed E-state index contributed by atoms with van der Waals surface area (Å²) in [7, 11) is 0. The summed E-state index contributed by atoms with van der Waals surface area (Å²) in [5.74, 6) is -0.642. The number of hydrogen-bond donors (Lipinski definition) is 1. The molecule has 1 aromatic rings. The minimum Gasteiger partial charge on any atom is -0.369 e. The van der Waals surface area contributed by atoms with Crippen molar-refractivity contribution in [2.24, 2.45) is 11.7 Å². The number of primary amides is 1. The third-order valence-corrected chi connectivity index (χ3v) is 4.42. The Labute approximate surface area is 131 Å². The van der Waals surface area contributed by atoms with Gasteiger partial charge in [0, 0.05) is 18.3 Å². The molecule has 0 aliphatic carbocycles. The van der Waals surface area contributed by atoms with Crippen LogP contribution in [-0.2, 0) is 10.3 Å². The lowest BCUT2D eigenvalue weighted by molar-refractivity contribution is -0.123. The first-order valence-electron chi connectivity index (χ1n) is 7.78. The Hall–Kier alpha value is -1.85. The Balaban J connectivity index is 2.27. The molecule has 1 aromatic heterocycles. The minimum absolute atomic E-state index is 0.0635. The van der Waals surface area contributed by atoms with Crippen molar-refractivity contribution in [3.63, 3.8) is 0 Å². The van der Waals surface area contributed by atoms with Crippen molar-refractivity contribution in [1.82, 2.24) is 14.7 Å². The molecule has 1 saturated heterocycles. The molecule has 2 atom stereocenters. The average Bonchev–Trinajstić information content (AvgIpc) is 2.80. The van der Waals surface area contributed by atoms with Crippen LogP contribution in [0.2, 0.25) is 0 Å². The van der Waals surface area contributed by atoms with Crippen LogP contribution >= 0.6 is 0 Å². The van der Waals surface area contributed by atoms with Gasteiger partial charge < -0.3 is 10.6 Å². The molecule has 2 rings (SSSR count). The Kier molecular flexibility index (Phi) is 4.31. The fourth-order valence-corrected chi connectivity index (χ4v) is 3.07. The Bertz CT molecular complexity index is 585. The molecule has 1 aliphatic heterocycles. The molecule has 1 aliphatic rings. The lowest BCUT2D eigenvalue weighted by Gasteiger charge is -2.36. The molecule has 6 nitrogen and oxygen atoms in total. The standard InChI is InChI=1S/C16H26N4O2/c1-10-6-7-12(14(17)21)9-19(10)15(22)13-8-18-20(11(13)2)16(3,4)5/h8,10,12H,6-7,9H2,1-5H3,(H2,17,21)/t10-,12-/m1/s1. The van der Waals surface area contributed by atoms with Crippen molar-refractivity contribution in [2.75, 3.05) is 6.54 Å². The number of carbonyl (C=O) groups excluding carboxylic acids is 2. The number of amides is 2. The van der Waals surface area contributed by atoms with Crippen molar-refractivity contribution in [3.05, 3.63) is 17.5 Å². The SMILES string of the molecule is Cc1c(C(=O)N2C[C@H](C(N)=O)CC[C@H]2C)cnn1C(C)(C)C. The number of hydrogen-bond acceptors (Lipinski definition) is 3. The Morgan fingerprint density at radius 1 is 1.32 bits per heavy atom. The van der Waals surface area contributed by atoms with E-state index in [1.807, 2.05) is 39.3 Å². The highest BCUT2D eigenvalue weighted by Crippen LogP contribution is 2.25. The summed E-state index contributed by atoms with van der Waals surface area (Å²) >= 11 is 0. The van der Waals surface area contributed by atoms with Crippen LogP contribution in [0.25, 0.3) is 0 Å². The van der Waals surface area contributed by atoms with Crippen molar-refractivity contribution >= 4 is 11.8 Å². The van der Waals surface area contributed by atoms with Gasteiger partial charge in [-0.05, 0) is 47.5 Å². The second kappa shape index (κ2) is 5.74. The van der Waals surface area contributed by atoms with E-state index >= 15 is 0 Å². The second-order valence-electron chi connectivity index (χ2n) is 7.21. The van der Waals surface area contributed by atoms with E-state index in [0.29, 0.717) is 12.1 Å². The highest BCUT2D eigenvalue weighted by Gasteiger charge is 2.33. The molecule has 0 spiro atoms. The molecule has 0 aromatic carbocycles. The average molecular weight is 306 g/mol. The van der Waals surface area contributed by atoms with E-state index in [1.165, 1.54) is 0 Å². The Morgan fingerprint density at radius 2 is 1.95 bits per heavy atom. The van der Waals surface area contributed by atoms with Crippen LogP contribution in [0.15, 0.2) is 6.20 Å². The quantitative estimate of drug-likeness (QED) is 0.902. The predicted molar refractivity (Wildman–Crippen MR) is 84.4 cm³/mol. The number of rotatable bonds is 2. The van der Waals surface area contributed by atoms with E-state index in [4.69, 9.17) is 5.73 Å². The molecule has 1 fully saturated rings. The molecule has 6 heteroatoms. The van der Waals surface area contributed by atoms with Gasteiger partial charge in [0.15, 0.2) is 0 Å². The van der Waals surface area contributed by atoms with Crippen LogP contribution in [-0.4, -0.2) is 39.1 Å². The maximum Gasteiger partial charge on any atom is 0.257 e. The fourth-order valence-electron chi connectivity index (χ4n) is 3.07. The summed E-state index contributed by atoms with van der Waals surface area (Å²) in [5, 5.41) is 4.36. The zero-order valence-corrected chi connectivity index (χ0v) is 14.1. The van der Waals surface area contributed by atoms with Gasteiger partial charge in [-0.25, -0.2) is 0 Å². The second-order valence-corrected chi connectivity index (χ2v) is 7.21. The molecular formula is C16H26N4O2. The van der Waals surface area contributed by atoms with Gasteiger partial charge in [0.05, 0.1) is 23.2 Å². The molecule has 22 heavy (non-hydrogen) atoms. The number of nitrogens with zero attached hydrogens (tertiary/aromatic N) is 3. The molecule has 0 saturated carbocycles. The largest absolute Gasteiger partial charge is 0.369 e. The van der Waals surface area contributed by atoms with Crippen LogP contribution in [0.3, 0.4) is 0 Å². The highest BCUT2D eigenvalue weighted by atomic mass is 16.2. The summed E-state index contributed by atoms with van der Waals surface area (Å²) in [5.41, 5.74) is 6.69. The third-order valence-electron chi connectivity index (χ3n) is 4.42. The first-order chi connectivity index (χ1) is 10.1. The van der Waals surface area contributed by atoms with Gasteiger partial charge in [0.1, 0.15) is 0 Å². The van der Waals surface area contributed by atoms with Gasteiger partial charge in [-0.3, -0.25) is 14.3 Å². The summed E-state index contributed by atoms with van der Waals surface area (Å²) in [6.45, 7) is 10.5. The molecule has 0 radical (unpaired) electrons. The van der Waals surface area contributed by atoms with Crippen LogP contribution in [0, 0.1) is 12.8 Å². The fraction of sp³-hybridized carbons (Fsp3) is 0.688. The molecule has 2 amide bonds. The summed E-state index contributed by atoms with van der Waals surface area (Å²) < 4.78 is 1.86. The first-order valence-corrected chi connectivity index (χ1v) is 7.78. The van der Waals surface area contributed by atoms with Crippen LogP contribution < -0.4 is 5.73 Å². The molecule has 0 unspecified atom stereocenters. The molecule has 122 valence electrons. The van der Waals surface area contributed by atoms with Crippen molar-refractivity contribution in [1.29, 1.82) is 0 Å². The lowest BCUT2D eigenvalue weighted by atomic mass is 9.92. The number of likely N-dealkylation sites (tertiary alicyclic amines) is 1. The van der Waals surface area contributed by atoms with Crippen LogP contribution in [0.5, 0.6) is 0 Å². The molecular weight excluding hydrogens is 280 g/mol. The van der Waals surface area contributed by atoms with E-state index in [-0.39, 0.29) is 29.3 Å². The summed E-state index contributed by atoms with van der Waals surface area (Å²) in [6.07, 6.45) is 3.18. The van der Waals surface area contributed by atoms with Crippen molar-refractivity contribution in [2.45, 2.75) is 59.0 Å². The predicted octanol–water partition coefficient (Wildman–Crippen LogP) is 1.67. The van der Waals surface area contributed by atoms with Crippen LogP contribution in [0.1, 0.15) is 56.6 Å². The van der Waals surface area contributed by atoms with Gasteiger partial charge in [0.2, 0.25) is 5.91 Å². The zero-order valence-electron chi connectivity index (χ0n) is 14.1. The van der Waals surface area contributed by atoms with E-state index in [9.17, 15) is 9.59 Å². The number of piperidine rings is 1. The lowest BCUT2D eigenvalue weighted by Crippen LogP contribution is -2.48. The van der Waals surface area contributed by atoms with Gasteiger partial charge in [-0.15, -0.1) is 0 Å². The topological polar surface area (TPSA) is 81.2 Å². The van der Waals surface area contributed by atoms with Gasteiger partial charge in [0.25, 0.3) is 5.91 Å². The number of aromatic nitrogens is 2. The summed E-state index contributed by atoms with van der Waals surface area (Å²) in [4.78, 5) is 26.1. The van der Waals surface area contributed by atoms with Crippen molar-refractivity contribution < 1.29 is 9.59 Å². The zero-order chi connectivity index (χ0) is 16.7. The summed E-state index contributed by atoms with van der Waals surface area (Å²) in [6, 6.07) is 0.112. The Morgan fingerprint density at radius 3 is 2.45 bits per heavy atom. The highest BCUT2D eigenvalue weighted by molar-refractivity contribution is 5.95. The number of carbonyl (C=O) groups is 2. The molecule has 2 heterocycles. The number of nitrogens with two attached hydrogens (primary N) is 1. The van der Waals surface area contributed by atoms with Gasteiger partial charge in [-0.1, -0.05) is 0 Å². The normalized spacial score (nSPS) is 22.7. The van der Waals surface area contributed by atoms with E-state index < -0.39 is 0 Å². The maximum atomic E-state index is 12.9. The van der Waals surface area contributed by atoms with Gasteiger partial charge in [-0.2, -0.15) is 5.10 Å². The van der Waals surface area contributed by atoms with E-state index in [1.54, 1.807) is 11.1 Å². The monoisotopic (exact) mass is 306 g/mol. The van der Waals surface area contributed by atoms with E-state index in [2.05, 4.69) is 5.10 Å². The molecule has 2 N–H and O–H groups in total. The van der Waals surface area contributed by atoms with Crippen LogP contribution in [0.4, 0.5) is 0 Å². The third kappa shape index (κ3) is 3.00. The smallest absolute Gasteiger partial charge is 0.257 e. The van der Waals surface area contributed by atoms with Gasteiger partial charge >= 0.3 is 0 Å². The van der Waals surface area contributed by atoms with Crippen molar-refractivity contribution in [3.8, 4) is 0 Å². The minimum atomic E-state index is -0.327. The maximum absolute atomic E-state index is 12.9.